The second-order valence-corrected chi connectivity index (χ2v) is 4.53. The number of rotatable bonds is 3. The van der Waals surface area contributed by atoms with Crippen LogP contribution in [0.2, 0.25) is 0 Å². The molecule has 0 fully saturated rings. The first-order valence-electron chi connectivity index (χ1n) is 6.13. The van der Waals surface area contributed by atoms with Gasteiger partial charge in [0.25, 0.3) is 0 Å². The van der Waals surface area contributed by atoms with Gasteiger partial charge in [-0.1, -0.05) is 18.2 Å². The smallest absolute Gasteiger partial charge is 0.332 e. The zero-order valence-corrected chi connectivity index (χ0v) is 11.0. The molecule has 0 radical (unpaired) electrons. The maximum atomic E-state index is 12.0. The van der Waals surface area contributed by atoms with Gasteiger partial charge in [0, 0.05) is 18.0 Å². The van der Waals surface area contributed by atoms with E-state index in [2.05, 4.69) is 5.32 Å². The summed E-state index contributed by atoms with van der Waals surface area (Å²) in [7, 11) is 0. The lowest BCUT2D eigenvalue weighted by Gasteiger charge is -2.04. The largest absolute Gasteiger partial charge is 0.480 e. The number of benzene rings is 1. The van der Waals surface area contributed by atoms with Crippen LogP contribution in [0.4, 0.5) is 4.79 Å². The second kappa shape index (κ2) is 5.63. The van der Waals surface area contributed by atoms with Crippen molar-refractivity contribution in [2.24, 2.45) is 11.5 Å². The van der Waals surface area contributed by atoms with Gasteiger partial charge in [-0.3, -0.25) is 20.1 Å². The standard InChI is InChI=1S/C13H15N5O3/c14-9(11(19)20)5-7-6-18(13(21)17-12(15)16)10-4-2-1-3-8(7)10/h1-4,6,9H,5,14H2,(H,19,20)(H4,15,16,17,21)/t9-/m0/s1. The fraction of sp³-hybridized carbons (Fsp3) is 0.154. The van der Waals surface area contributed by atoms with Gasteiger partial charge in [-0.15, -0.1) is 0 Å². The molecule has 1 heterocycles. The first kappa shape index (κ1) is 14.5. The molecular weight excluding hydrogens is 274 g/mol. The van der Waals surface area contributed by atoms with Gasteiger partial charge in [0.05, 0.1) is 5.52 Å². The van der Waals surface area contributed by atoms with Crippen molar-refractivity contribution in [1.82, 2.24) is 9.88 Å². The molecule has 21 heavy (non-hydrogen) atoms. The highest BCUT2D eigenvalue weighted by Crippen LogP contribution is 2.22. The van der Waals surface area contributed by atoms with Crippen LogP contribution in [0.1, 0.15) is 5.56 Å². The van der Waals surface area contributed by atoms with E-state index in [4.69, 9.17) is 22.0 Å². The molecule has 8 nitrogen and oxygen atoms in total. The van der Waals surface area contributed by atoms with Crippen molar-refractivity contribution in [2.75, 3.05) is 0 Å². The predicted octanol–water partition coefficient (Wildman–Crippen LogP) is 0.0469. The molecule has 1 amide bonds. The molecule has 7 N–H and O–H groups in total. The summed E-state index contributed by atoms with van der Waals surface area (Å²) in [4.78, 5) is 22.9. The van der Waals surface area contributed by atoms with Crippen LogP contribution >= 0.6 is 0 Å². The van der Waals surface area contributed by atoms with E-state index in [9.17, 15) is 9.59 Å². The summed E-state index contributed by atoms with van der Waals surface area (Å²) >= 11 is 0. The van der Waals surface area contributed by atoms with E-state index in [1.54, 1.807) is 24.3 Å². The number of para-hydroxylation sites is 1. The van der Waals surface area contributed by atoms with Crippen LogP contribution in [0.3, 0.4) is 0 Å². The number of carboxylic acid groups (broad SMARTS) is 1. The molecule has 2 rings (SSSR count). The van der Waals surface area contributed by atoms with Gasteiger partial charge in [-0.05, 0) is 11.6 Å². The Labute approximate surface area is 119 Å². The second-order valence-electron chi connectivity index (χ2n) is 4.53. The number of nitrogens with one attached hydrogen (secondary N) is 2. The highest BCUT2D eigenvalue weighted by molar-refractivity contribution is 6.00. The Hall–Kier alpha value is -2.87. The Bertz CT molecular complexity index is 722. The molecular formula is C13H15N5O3. The van der Waals surface area contributed by atoms with E-state index >= 15 is 0 Å². The number of carboxylic acids is 1. The highest BCUT2D eigenvalue weighted by Gasteiger charge is 2.18. The minimum atomic E-state index is -1.11. The van der Waals surface area contributed by atoms with Gasteiger partial charge >= 0.3 is 12.0 Å². The van der Waals surface area contributed by atoms with Crippen molar-refractivity contribution in [3.8, 4) is 0 Å². The van der Waals surface area contributed by atoms with Crippen molar-refractivity contribution in [1.29, 1.82) is 5.41 Å². The number of aromatic nitrogens is 1. The zero-order chi connectivity index (χ0) is 15.6. The lowest BCUT2D eigenvalue weighted by molar-refractivity contribution is -0.138. The SMILES string of the molecule is N=C(N)NC(=O)n1cc(C[C@H](N)C(=O)O)c2ccccc21. The predicted molar refractivity (Wildman–Crippen MR) is 77.1 cm³/mol. The van der Waals surface area contributed by atoms with Gasteiger partial charge in [0.2, 0.25) is 0 Å². The van der Waals surface area contributed by atoms with Gasteiger partial charge in [-0.2, -0.15) is 0 Å². The number of guanidine groups is 1. The molecule has 0 unspecified atom stereocenters. The third kappa shape index (κ3) is 3.00. The number of amides is 1. The first-order chi connectivity index (χ1) is 9.90. The normalized spacial score (nSPS) is 12.0. The Balaban J connectivity index is 2.46. The fourth-order valence-corrected chi connectivity index (χ4v) is 2.08. The summed E-state index contributed by atoms with van der Waals surface area (Å²) in [5, 5.41) is 18.9. The maximum Gasteiger partial charge on any atom is 0.332 e. The quantitative estimate of drug-likeness (QED) is 0.400. The molecule has 0 aliphatic rings. The molecule has 8 heteroatoms. The molecule has 1 aromatic heterocycles. The first-order valence-corrected chi connectivity index (χ1v) is 6.13. The van der Waals surface area contributed by atoms with Gasteiger partial charge in [-0.25, -0.2) is 4.79 Å². The lowest BCUT2D eigenvalue weighted by Crippen LogP contribution is -2.38. The van der Waals surface area contributed by atoms with Crippen molar-refractivity contribution < 1.29 is 14.7 Å². The van der Waals surface area contributed by atoms with Crippen LogP contribution in [-0.4, -0.2) is 33.7 Å². The average molecular weight is 289 g/mol. The van der Waals surface area contributed by atoms with Gasteiger partial charge < -0.3 is 16.6 Å². The number of carbonyl (C=O) groups is 2. The third-order valence-electron chi connectivity index (χ3n) is 3.01. The number of hydrogen-bond acceptors (Lipinski definition) is 4. The number of nitrogens with two attached hydrogens (primary N) is 2. The molecule has 1 atom stereocenters. The van der Waals surface area contributed by atoms with E-state index in [1.165, 1.54) is 10.8 Å². The van der Waals surface area contributed by atoms with Crippen LogP contribution in [-0.2, 0) is 11.2 Å². The van der Waals surface area contributed by atoms with Gasteiger partial charge in [0.15, 0.2) is 5.96 Å². The highest BCUT2D eigenvalue weighted by atomic mass is 16.4. The van der Waals surface area contributed by atoms with E-state index in [1.807, 2.05) is 0 Å². The Morgan fingerprint density at radius 3 is 2.67 bits per heavy atom. The summed E-state index contributed by atoms with van der Waals surface area (Å²) in [6.07, 6.45) is 1.60. The van der Waals surface area contributed by atoms with Crippen LogP contribution in [0.25, 0.3) is 10.9 Å². The lowest BCUT2D eigenvalue weighted by atomic mass is 10.1. The van der Waals surface area contributed by atoms with Crippen molar-refractivity contribution in [3.05, 3.63) is 36.0 Å². The van der Waals surface area contributed by atoms with Crippen molar-refractivity contribution in [2.45, 2.75) is 12.5 Å². The summed E-state index contributed by atoms with van der Waals surface area (Å²) in [6, 6.07) is 5.38. The fourth-order valence-electron chi connectivity index (χ4n) is 2.08. The number of fused-ring (bicyclic) bond motifs is 1. The van der Waals surface area contributed by atoms with Crippen LogP contribution in [0.15, 0.2) is 30.5 Å². The average Bonchev–Trinajstić information content (AvgIpc) is 2.77. The van der Waals surface area contributed by atoms with E-state index in [0.717, 1.165) is 5.39 Å². The van der Waals surface area contributed by atoms with Crippen molar-refractivity contribution >= 4 is 28.9 Å². The molecule has 0 bridgehead atoms. The molecule has 0 saturated heterocycles. The van der Waals surface area contributed by atoms with E-state index < -0.39 is 24.0 Å². The number of nitrogens with zero attached hydrogens (tertiary/aromatic N) is 1. The Morgan fingerprint density at radius 1 is 1.38 bits per heavy atom. The van der Waals surface area contributed by atoms with Crippen LogP contribution in [0.5, 0.6) is 0 Å². The van der Waals surface area contributed by atoms with E-state index in [0.29, 0.717) is 11.1 Å². The molecule has 2 aromatic rings. The van der Waals surface area contributed by atoms with Crippen molar-refractivity contribution in [3.63, 3.8) is 0 Å². The maximum absolute atomic E-state index is 12.0. The monoisotopic (exact) mass is 289 g/mol. The molecule has 0 saturated carbocycles. The number of aliphatic carboxylic acids is 1. The summed E-state index contributed by atoms with van der Waals surface area (Å²) in [6.45, 7) is 0. The van der Waals surface area contributed by atoms with Crippen LogP contribution in [0, 0.1) is 5.41 Å². The molecule has 0 spiro atoms. The van der Waals surface area contributed by atoms with Gasteiger partial charge in [0.1, 0.15) is 6.04 Å². The third-order valence-corrected chi connectivity index (χ3v) is 3.01. The minimum absolute atomic E-state index is 0.0935. The Kier molecular flexibility index (Phi) is 3.90. The molecule has 0 aliphatic heterocycles. The molecule has 110 valence electrons. The summed E-state index contributed by atoms with van der Waals surface area (Å²) in [5.74, 6) is -1.58. The Morgan fingerprint density at radius 2 is 2.05 bits per heavy atom. The molecule has 1 aromatic carbocycles. The summed E-state index contributed by atoms with van der Waals surface area (Å²) in [5.41, 5.74) is 11.9. The van der Waals surface area contributed by atoms with Crippen LogP contribution < -0.4 is 16.8 Å². The molecule has 0 aliphatic carbocycles. The number of carbonyl (C=O) groups excluding carboxylic acids is 1. The minimum Gasteiger partial charge on any atom is -0.480 e. The summed E-state index contributed by atoms with van der Waals surface area (Å²) < 4.78 is 1.28. The zero-order valence-electron chi connectivity index (χ0n) is 11.0. The topological polar surface area (TPSA) is 147 Å². The number of hydrogen-bond donors (Lipinski definition) is 5. The van der Waals surface area contributed by atoms with E-state index in [-0.39, 0.29) is 6.42 Å².